The number of carbonyl (C=O) groups excluding carboxylic acids is 2. The Bertz CT molecular complexity index is 549. The fourth-order valence-corrected chi connectivity index (χ4v) is 1.60. The molecule has 0 aliphatic carbocycles. The van der Waals surface area contributed by atoms with Gasteiger partial charge < -0.3 is 14.8 Å². The molecule has 1 rings (SSSR count). The zero-order valence-electron chi connectivity index (χ0n) is 13.6. The third-order valence-corrected chi connectivity index (χ3v) is 3.03. The molecule has 0 saturated carbocycles. The van der Waals surface area contributed by atoms with E-state index < -0.39 is 5.97 Å². The van der Waals surface area contributed by atoms with Crippen LogP contribution >= 0.6 is 0 Å². The lowest BCUT2D eigenvalue weighted by Gasteiger charge is -2.10. The maximum absolute atomic E-state index is 11.6. The van der Waals surface area contributed by atoms with Crippen LogP contribution in [-0.4, -0.2) is 31.1 Å². The van der Waals surface area contributed by atoms with Crippen molar-refractivity contribution in [3.8, 4) is 5.75 Å². The van der Waals surface area contributed by atoms with Crippen molar-refractivity contribution < 1.29 is 19.1 Å². The summed E-state index contributed by atoms with van der Waals surface area (Å²) in [5, 5.41) is 2.72. The molecule has 0 radical (unpaired) electrons. The Labute approximate surface area is 137 Å². The van der Waals surface area contributed by atoms with Crippen molar-refractivity contribution in [2.24, 2.45) is 0 Å². The van der Waals surface area contributed by atoms with Gasteiger partial charge >= 0.3 is 5.97 Å². The van der Waals surface area contributed by atoms with E-state index in [-0.39, 0.29) is 18.6 Å². The molecule has 124 valence electrons. The summed E-state index contributed by atoms with van der Waals surface area (Å²) in [7, 11) is 0. The number of hydrogen-bond acceptors (Lipinski definition) is 4. The van der Waals surface area contributed by atoms with Crippen LogP contribution in [0, 0.1) is 0 Å². The van der Waals surface area contributed by atoms with Crippen LogP contribution in [0.4, 0.5) is 0 Å². The van der Waals surface area contributed by atoms with E-state index in [1.54, 1.807) is 24.3 Å². The molecule has 5 nitrogen and oxygen atoms in total. The molecule has 0 unspecified atom stereocenters. The maximum Gasteiger partial charge on any atom is 0.331 e. The van der Waals surface area contributed by atoms with E-state index in [4.69, 9.17) is 9.47 Å². The third-order valence-electron chi connectivity index (χ3n) is 3.03. The number of amides is 1. The Morgan fingerprint density at radius 1 is 1.30 bits per heavy atom. The first-order valence-electron chi connectivity index (χ1n) is 7.53. The van der Waals surface area contributed by atoms with E-state index in [9.17, 15) is 9.59 Å². The first-order chi connectivity index (χ1) is 11.0. The van der Waals surface area contributed by atoms with Crippen LogP contribution in [0.25, 0.3) is 6.08 Å². The van der Waals surface area contributed by atoms with Crippen molar-refractivity contribution in [2.45, 2.75) is 26.3 Å². The highest BCUT2D eigenvalue weighted by molar-refractivity contribution is 5.89. The molecule has 0 bridgehead atoms. The number of carbonyl (C=O) groups is 2. The Kier molecular flexibility index (Phi) is 8.21. The zero-order valence-corrected chi connectivity index (χ0v) is 13.6. The lowest BCUT2D eigenvalue weighted by molar-refractivity contribution is -0.144. The second-order valence-electron chi connectivity index (χ2n) is 4.99. The average Bonchev–Trinajstić information content (AvgIpc) is 2.57. The number of esters is 1. The lowest BCUT2D eigenvalue weighted by atomic mass is 10.2. The van der Waals surface area contributed by atoms with Crippen molar-refractivity contribution in [1.29, 1.82) is 0 Å². The monoisotopic (exact) mass is 317 g/mol. The quantitative estimate of drug-likeness (QED) is 0.432. The molecule has 1 atom stereocenters. The van der Waals surface area contributed by atoms with Gasteiger partial charge in [-0.15, -0.1) is 0 Å². The Balaban J connectivity index is 2.39. The van der Waals surface area contributed by atoms with Crippen LogP contribution in [0.5, 0.6) is 5.75 Å². The fraction of sp³-hybridized carbons (Fsp3) is 0.333. The molecule has 0 fully saturated rings. The van der Waals surface area contributed by atoms with Gasteiger partial charge in [0.05, 0.1) is 0 Å². The SMILES string of the molecule is C=CCOc1ccc(/C=C/C(=O)OCC(=O)N[C@@H](C)CC)cc1. The van der Waals surface area contributed by atoms with E-state index in [0.717, 1.165) is 17.7 Å². The van der Waals surface area contributed by atoms with Gasteiger partial charge in [-0.25, -0.2) is 4.79 Å². The Morgan fingerprint density at radius 2 is 2.00 bits per heavy atom. The van der Waals surface area contributed by atoms with Crippen LogP contribution in [0.2, 0.25) is 0 Å². The van der Waals surface area contributed by atoms with Crippen molar-refractivity contribution in [2.75, 3.05) is 13.2 Å². The molecule has 0 aliphatic rings. The summed E-state index contributed by atoms with van der Waals surface area (Å²) < 4.78 is 10.2. The minimum atomic E-state index is -0.559. The van der Waals surface area contributed by atoms with Gasteiger partial charge in [-0.05, 0) is 37.1 Å². The van der Waals surface area contributed by atoms with Gasteiger partial charge in [0, 0.05) is 12.1 Å². The van der Waals surface area contributed by atoms with Gasteiger partial charge in [0.1, 0.15) is 12.4 Å². The van der Waals surface area contributed by atoms with Crippen LogP contribution in [0.15, 0.2) is 43.0 Å². The Hall–Kier alpha value is -2.56. The largest absolute Gasteiger partial charge is 0.490 e. The van der Waals surface area contributed by atoms with Crippen LogP contribution in [0.1, 0.15) is 25.8 Å². The van der Waals surface area contributed by atoms with E-state index in [1.165, 1.54) is 6.08 Å². The van der Waals surface area contributed by atoms with E-state index in [0.29, 0.717) is 6.61 Å². The molecule has 0 aromatic heterocycles. The predicted molar refractivity (Wildman–Crippen MR) is 90.0 cm³/mol. The van der Waals surface area contributed by atoms with E-state index in [1.807, 2.05) is 26.0 Å². The van der Waals surface area contributed by atoms with Gasteiger partial charge in [0.15, 0.2) is 6.61 Å². The molecular weight excluding hydrogens is 294 g/mol. The first-order valence-corrected chi connectivity index (χ1v) is 7.53. The molecular formula is C18H23NO4. The number of hydrogen-bond donors (Lipinski definition) is 1. The summed E-state index contributed by atoms with van der Waals surface area (Å²) in [5.74, 6) is -0.132. The lowest BCUT2D eigenvalue weighted by Crippen LogP contribution is -2.35. The molecule has 0 spiro atoms. The molecule has 0 saturated heterocycles. The summed E-state index contributed by atoms with van der Waals surface area (Å²) in [6, 6.07) is 7.30. The van der Waals surface area contributed by atoms with Gasteiger partial charge in [-0.2, -0.15) is 0 Å². The third kappa shape index (κ3) is 7.85. The van der Waals surface area contributed by atoms with Crippen LogP contribution < -0.4 is 10.1 Å². The molecule has 23 heavy (non-hydrogen) atoms. The van der Waals surface area contributed by atoms with Crippen LogP contribution in [-0.2, 0) is 14.3 Å². The van der Waals surface area contributed by atoms with E-state index in [2.05, 4.69) is 11.9 Å². The molecule has 1 amide bonds. The van der Waals surface area contributed by atoms with Gasteiger partial charge in [-0.3, -0.25) is 4.79 Å². The van der Waals surface area contributed by atoms with Crippen molar-refractivity contribution in [1.82, 2.24) is 5.32 Å². The maximum atomic E-state index is 11.6. The normalized spacial score (nSPS) is 11.7. The van der Waals surface area contributed by atoms with Crippen molar-refractivity contribution in [3.05, 3.63) is 48.6 Å². The second-order valence-corrected chi connectivity index (χ2v) is 4.99. The summed E-state index contributed by atoms with van der Waals surface area (Å²) in [6.07, 6.45) is 5.40. The predicted octanol–water partition coefficient (Wildman–Crippen LogP) is 2.72. The number of ether oxygens (including phenoxy) is 2. The zero-order chi connectivity index (χ0) is 17.1. The molecule has 0 aliphatic heterocycles. The highest BCUT2D eigenvalue weighted by Gasteiger charge is 2.07. The number of rotatable bonds is 9. The fourth-order valence-electron chi connectivity index (χ4n) is 1.60. The topological polar surface area (TPSA) is 64.6 Å². The minimum Gasteiger partial charge on any atom is -0.490 e. The standard InChI is InChI=1S/C18H23NO4/c1-4-12-22-16-9-6-15(7-10-16)8-11-18(21)23-13-17(20)19-14(3)5-2/h4,6-11,14H,1,5,12-13H2,2-3H3,(H,19,20)/b11-8+/t14-/m0/s1. The average molecular weight is 317 g/mol. The Morgan fingerprint density at radius 3 is 2.61 bits per heavy atom. The summed E-state index contributed by atoms with van der Waals surface area (Å²) in [5.41, 5.74) is 0.831. The van der Waals surface area contributed by atoms with Crippen molar-refractivity contribution >= 4 is 18.0 Å². The summed E-state index contributed by atoms with van der Waals surface area (Å²) in [6.45, 7) is 7.60. The minimum absolute atomic E-state index is 0.0681. The molecule has 1 aromatic rings. The molecule has 5 heteroatoms. The molecule has 1 aromatic carbocycles. The molecule has 0 heterocycles. The smallest absolute Gasteiger partial charge is 0.331 e. The van der Waals surface area contributed by atoms with Gasteiger partial charge in [0.2, 0.25) is 0 Å². The van der Waals surface area contributed by atoms with E-state index >= 15 is 0 Å². The second kappa shape index (κ2) is 10.2. The summed E-state index contributed by atoms with van der Waals surface area (Å²) >= 11 is 0. The van der Waals surface area contributed by atoms with Crippen molar-refractivity contribution in [3.63, 3.8) is 0 Å². The number of nitrogens with one attached hydrogen (secondary N) is 1. The summed E-state index contributed by atoms with van der Waals surface area (Å²) in [4.78, 5) is 23.0. The first kappa shape index (κ1) is 18.5. The van der Waals surface area contributed by atoms with Gasteiger partial charge in [0.25, 0.3) is 5.91 Å². The van der Waals surface area contributed by atoms with Gasteiger partial charge in [-0.1, -0.05) is 31.7 Å². The molecule has 1 N–H and O–H groups in total. The van der Waals surface area contributed by atoms with Crippen LogP contribution in [0.3, 0.4) is 0 Å². The highest BCUT2D eigenvalue weighted by atomic mass is 16.5. The highest BCUT2D eigenvalue weighted by Crippen LogP contribution is 2.13. The number of benzene rings is 1.